The average molecular weight is 220 g/mol. The van der Waals surface area contributed by atoms with E-state index in [2.05, 4.69) is 51.5 Å². The molecule has 0 unspecified atom stereocenters. The summed E-state index contributed by atoms with van der Waals surface area (Å²) in [7, 11) is 2.22. The molecule has 0 atom stereocenters. The first kappa shape index (κ1) is 10.6. The molecule has 1 heterocycles. The third kappa shape index (κ3) is 1.88. The van der Waals surface area contributed by atoms with Crippen molar-refractivity contribution in [3.63, 3.8) is 0 Å². The summed E-state index contributed by atoms with van der Waals surface area (Å²) in [5, 5.41) is 0. The second kappa shape index (κ2) is 4.03. The van der Waals surface area contributed by atoms with Crippen LogP contribution in [0.2, 0.25) is 0 Å². The van der Waals surface area contributed by atoms with E-state index >= 15 is 0 Å². The summed E-state index contributed by atoms with van der Waals surface area (Å²) in [5.41, 5.74) is 7.43. The van der Waals surface area contributed by atoms with Gasteiger partial charge in [-0.1, -0.05) is 41.4 Å². The van der Waals surface area contributed by atoms with Crippen molar-refractivity contribution in [1.82, 2.24) is 0 Å². The molecule has 1 aliphatic heterocycles. The SMILES string of the molecule is Cc1ccc(C)c(C2=NC3=CCCC=C3[B]2)c1. The van der Waals surface area contributed by atoms with E-state index in [-0.39, 0.29) is 0 Å². The van der Waals surface area contributed by atoms with Gasteiger partial charge in [-0.25, -0.2) is 0 Å². The molecule has 1 aliphatic carbocycles. The zero-order valence-electron chi connectivity index (χ0n) is 10.3. The van der Waals surface area contributed by atoms with Gasteiger partial charge in [-0.2, -0.15) is 0 Å². The molecule has 1 nitrogen and oxygen atoms in total. The Morgan fingerprint density at radius 2 is 1.94 bits per heavy atom. The molecule has 3 rings (SSSR count). The van der Waals surface area contributed by atoms with Crippen molar-refractivity contribution in [2.24, 2.45) is 4.99 Å². The van der Waals surface area contributed by atoms with Gasteiger partial charge in [-0.3, -0.25) is 4.99 Å². The normalized spacial score (nSPS) is 17.9. The zero-order valence-corrected chi connectivity index (χ0v) is 10.3. The lowest BCUT2D eigenvalue weighted by Crippen LogP contribution is -2.09. The summed E-state index contributed by atoms with van der Waals surface area (Å²) < 4.78 is 0. The molecule has 0 aromatic heterocycles. The quantitative estimate of drug-likeness (QED) is 0.643. The first-order chi connectivity index (χ1) is 8.24. The van der Waals surface area contributed by atoms with E-state index in [1.54, 1.807) is 0 Å². The Labute approximate surface area is 103 Å². The molecule has 0 spiro atoms. The molecule has 1 radical (unpaired) electrons. The van der Waals surface area contributed by atoms with Gasteiger partial charge in [0.1, 0.15) is 0 Å². The first-order valence-electron chi connectivity index (χ1n) is 6.16. The Kier molecular flexibility index (Phi) is 2.51. The van der Waals surface area contributed by atoms with Gasteiger partial charge in [0.25, 0.3) is 0 Å². The smallest absolute Gasteiger partial charge is 0.220 e. The Hall–Kier alpha value is -1.57. The largest absolute Gasteiger partial charge is 0.264 e. The van der Waals surface area contributed by atoms with Crippen LogP contribution in [0.15, 0.2) is 46.5 Å². The lowest BCUT2D eigenvalue weighted by molar-refractivity contribution is 1.01. The number of aliphatic imine (C=N–C) groups is 1. The van der Waals surface area contributed by atoms with Crippen molar-refractivity contribution in [3.05, 3.63) is 58.2 Å². The summed E-state index contributed by atoms with van der Waals surface area (Å²) in [5.74, 6) is 0. The number of hydrogen-bond donors (Lipinski definition) is 0. The van der Waals surface area contributed by atoms with Crippen LogP contribution in [-0.2, 0) is 0 Å². The third-order valence-corrected chi connectivity index (χ3v) is 3.37. The van der Waals surface area contributed by atoms with Crippen LogP contribution in [0, 0.1) is 13.8 Å². The van der Waals surface area contributed by atoms with Crippen molar-refractivity contribution in [1.29, 1.82) is 0 Å². The van der Waals surface area contributed by atoms with Crippen LogP contribution in [-0.4, -0.2) is 12.9 Å². The zero-order chi connectivity index (χ0) is 11.8. The second-order valence-electron chi connectivity index (χ2n) is 4.79. The van der Waals surface area contributed by atoms with Crippen molar-refractivity contribution >= 4 is 12.9 Å². The number of hydrogen-bond acceptors (Lipinski definition) is 1. The molecule has 2 heteroatoms. The van der Waals surface area contributed by atoms with Crippen molar-refractivity contribution in [3.8, 4) is 0 Å². The van der Waals surface area contributed by atoms with Gasteiger partial charge in [-0.15, -0.1) is 0 Å². The minimum absolute atomic E-state index is 1.12. The maximum absolute atomic E-state index is 4.74. The molecule has 0 fully saturated rings. The highest BCUT2D eigenvalue weighted by Gasteiger charge is 2.22. The van der Waals surface area contributed by atoms with Gasteiger partial charge in [-0.05, 0) is 37.8 Å². The highest BCUT2D eigenvalue weighted by Crippen LogP contribution is 2.27. The van der Waals surface area contributed by atoms with E-state index in [0.29, 0.717) is 0 Å². The predicted molar refractivity (Wildman–Crippen MR) is 73.6 cm³/mol. The van der Waals surface area contributed by atoms with Gasteiger partial charge in [0.15, 0.2) is 0 Å². The van der Waals surface area contributed by atoms with Crippen LogP contribution in [0.1, 0.15) is 29.5 Å². The number of allylic oxidation sites excluding steroid dienone is 3. The molecular formula is C15H15BN. The molecule has 1 aromatic carbocycles. The van der Waals surface area contributed by atoms with Gasteiger partial charge in [0.2, 0.25) is 7.28 Å². The van der Waals surface area contributed by atoms with Crippen LogP contribution in [0.4, 0.5) is 0 Å². The lowest BCUT2D eigenvalue weighted by Gasteiger charge is -2.06. The van der Waals surface area contributed by atoms with E-state index in [4.69, 9.17) is 4.99 Å². The van der Waals surface area contributed by atoms with Gasteiger partial charge in [0.05, 0.1) is 5.70 Å². The van der Waals surface area contributed by atoms with E-state index in [9.17, 15) is 0 Å². The van der Waals surface area contributed by atoms with Crippen LogP contribution in [0.25, 0.3) is 0 Å². The summed E-state index contributed by atoms with van der Waals surface area (Å²) in [6.07, 6.45) is 6.79. The van der Waals surface area contributed by atoms with E-state index in [1.165, 1.54) is 22.2 Å². The maximum Gasteiger partial charge on any atom is 0.220 e. The molecular weight excluding hydrogens is 205 g/mol. The average Bonchev–Trinajstić information content (AvgIpc) is 2.75. The fraction of sp³-hybridized carbons (Fsp3) is 0.267. The highest BCUT2D eigenvalue weighted by molar-refractivity contribution is 6.86. The predicted octanol–water partition coefficient (Wildman–Crippen LogP) is 3.33. The van der Waals surface area contributed by atoms with Crippen LogP contribution in [0.3, 0.4) is 0 Å². The van der Waals surface area contributed by atoms with E-state index in [0.717, 1.165) is 24.1 Å². The van der Waals surface area contributed by atoms with Crippen LogP contribution >= 0.6 is 0 Å². The summed E-state index contributed by atoms with van der Waals surface area (Å²) in [4.78, 5) is 4.74. The minimum atomic E-state index is 1.12. The fourth-order valence-electron chi connectivity index (χ4n) is 2.38. The molecule has 17 heavy (non-hydrogen) atoms. The molecule has 2 aliphatic rings. The second-order valence-corrected chi connectivity index (χ2v) is 4.79. The van der Waals surface area contributed by atoms with Crippen LogP contribution in [0.5, 0.6) is 0 Å². The first-order valence-corrected chi connectivity index (χ1v) is 6.16. The summed E-state index contributed by atoms with van der Waals surface area (Å²) in [6, 6.07) is 6.55. The Morgan fingerprint density at radius 3 is 2.76 bits per heavy atom. The molecule has 0 amide bonds. The monoisotopic (exact) mass is 220 g/mol. The topological polar surface area (TPSA) is 12.4 Å². The standard InChI is InChI=1S/C15H15BN/c1-10-7-8-11(2)12(9-10)15-16-13-5-3-4-6-14(13)17-15/h5-9H,3-4H2,1-2H3. The van der Waals surface area contributed by atoms with Crippen molar-refractivity contribution in [2.45, 2.75) is 26.7 Å². The van der Waals surface area contributed by atoms with Gasteiger partial charge in [0, 0.05) is 5.61 Å². The third-order valence-electron chi connectivity index (χ3n) is 3.37. The number of rotatable bonds is 1. The van der Waals surface area contributed by atoms with Gasteiger partial charge < -0.3 is 0 Å². The number of fused-ring (bicyclic) bond motifs is 1. The van der Waals surface area contributed by atoms with Crippen LogP contribution < -0.4 is 0 Å². The molecule has 83 valence electrons. The Morgan fingerprint density at radius 1 is 1.12 bits per heavy atom. The van der Waals surface area contributed by atoms with Crippen molar-refractivity contribution in [2.75, 3.05) is 0 Å². The van der Waals surface area contributed by atoms with Gasteiger partial charge >= 0.3 is 0 Å². The molecule has 1 aromatic rings. The highest BCUT2D eigenvalue weighted by atomic mass is 14.8. The number of benzene rings is 1. The Bertz CT molecular complexity index is 564. The minimum Gasteiger partial charge on any atom is -0.264 e. The summed E-state index contributed by atoms with van der Waals surface area (Å²) in [6.45, 7) is 4.28. The summed E-state index contributed by atoms with van der Waals surface area (Å²) >= 11 is 0. The van der Waals surface area contributed by atoms with E-state index in [1.807, 2.05) is 0 Å². The lowest BCUT2D eigenvalue weighted by atomic mass is 9.63. The molecule has 0 N–H and O–H groups in total. The maximum atomic E-state index is 4.74. The molecule has 0 bridgehead atoms. The van der Waals surface area contributed by atoms with Crippen molar-refractivity contribution < 1.29 is 0 Å². The van der Waals surface area contributed by atoms with E-state index < -0.39 is 0 Å². The fourth-order valence-corrected chi connectivity index (χ4v) is 2.38. The Balaban J connectivity index is 2.04. The molecule has 0 saturated heterocycles. The number of aryl methyl sites for hydroxylation is 2. The number of nitrogens with zero attached hydrogens (tertiary/aromatic N) is 1. The molecule has 0 saturated carbocycles.